The van der Waals surface area contributed by atoms with Crippen molar-refractivity contribution in [2.45, 2.75) is 6.18 Å². The van der Waals surface area contributed by atoms with E-state index in [9.17, 15) is 13.2 Å². The summed E-state index contributed by atoms with van der Waals surface area (Å²) in [5.74, 6) is -0.275. The number of nitrogens with two attached hydrogens (primary N) is 1. The Bertz CT molecular complexity index is 595. The zero-order chi connectivity index (χ0) is 14.0. The van der Waals surface area contributed by atoms with Gasteiger partial charge in [0.1, 0.15) is 0 Å². The molecule has 0 amide bonds. The fourth-order valence-corrected chi connectivity index (χ4v) is 2.06. The Morgan fingerprint density at radius 2 is 2.11 bits per heavy atom. The van der Waals surface area contributed by atoms with Gasteiger partial charge in [0.25, 0.3) is 0 Å². The van der Waals surface area contributed by atoms with Crippen LogP contribution in [0.4, 0.5) is 19.1 Å². The summed E-state index contributed by atoms with van der Waals surface area (Å²) in [7, 11) is 0. The molecule has 100 valence electrons. The number of rotatable bonds is 2. The average Bonchev–Trinajstić information content (AvgIpc) is 2.79. The molecule has 4 nitrogen and oxygen atoms in total. The Morgan fingerprint density at radius 1 is 1.37 bits per heavy atom. The van der Waals surface area contributed by atoms with E-state index in [1.807, 2.05) is 0 Å². The number of nitrogens with zero attached hydrogens (tertiary/aromatic N) is 2. The van der Waals surface area contributed by atoms with E-state index in [2.05, 4.69) is 27.5 Å². The van der Waals surface area contributed by atoms with Crippen LogP contribution in [0.2, 0.25) is 0 Å². The minimum atomic E-state index is -4.57. The van der Waals surface area contributed by atoms with Gasteiger partial charge in [-0.2, -0.15) is 24.5 Å². The molecule has 0 atom stereocenters. The minimum Gasteiger partial charge on any atom is -0.376 e. The summed E-state index contributed by atoms with van der Waals surface area (Å²) in [5.41, 5.74) is 4.89. The average molecular weight is 304 g/mol. The fraction of sp³-hybridized carbons (Fsp3) is 0.100. The van der Waals surface area contributed by atoms with Crippen molar-refractivity contribution in [3.05, 3.63) is 28.6 Å². The van der Waals surface area contributed by atoms with Crippen molar-refractivity contribution in [3.8, 4) is 11.3 Å². The summed E-state index contributed by atoms with van der Waals surface area (Å²) < 4.78 is 38.2. The van der Waals surface area contributed by atoms with Gasteiger partial charge in [-0.25, -0.2) is 9.97 Å². The maximum Gasteiger partial charge on any atom is 0.433 e. The Balaban J connectivity index is 2.52. The number of hydrogen-bond donors (Lipinski definition) is 2. The van der Waals surface area contributed by atoms with E-state index in [1.54, 1.807) is 16.8 Å². The lowest BCUT2D eigenvalue weighted by atomic mass is 10.2. The molecule has 0 fully saturated rings. The largest absolute Gasteiger partial charge is 0.433 e. The highest BCUT2D eigenvalue weighted by Gasteiger charge is 2.33. The van der Waals surface area contributed by atoms with Crippen molar-refractivity contribution in [1.29, 1.82) is 0 Å². The van der Waals surface area contributed by atoms with Crippen molar-refractivity contribution < 1.29 is 13.2 Å². The smallest absolute Gasteiger partial charge is 0.376 e. The zero-order valence-electron chi connectivity index (χ0n) is 9.23. The van der Waals surface area contributed by atoms with E-state index in [4.69, 9.17) is 5.73 Å². The van der Waals surface area contributed by atoms with Gasteiger partial charge in [0.05, 0.1) is 5.69 Å². The summed E-state index contributed by atoms with van der Waals surface area (Å²) in [5, 5.41) is 5.54. The maximum atomic E-state index is 12.7. The molecular weight excluding hydrogens is 297 g/mol. The van der Waals surface area contributed by atoms with Crippen molar-refractivity contribution in [1.82, 2.24) is 9.97 Å². The van der Waals surface area contributed by atoms with E-state index < -0.39 is 11.9 Å². The summed E-state index contributed by atoms with van der Waals surface area (Å²) in [6.07, 6.45) is -4.57. The molecule has 0 unspecified atom stereocenters. The first-order valence-electron chi connectivity index (χ1n) is 4.91. The van der Waals surface area contributed by atoms with Gasteiger partial charge in [-0.05, 0) is 29.7 Å². The molecule has 0 radical (unpaired) electrons. The molecule has 2 heterocycles. The van der Waals surface area contributed by atoms with E-state index >= 15 is 0 Å². The minimum absolute atomic E-state index is 0.155. The van der Waals surface area contributed by atoms with Gasteiger partial charge in [-0.15, -0.1) is 0 Å². The summed E-state index contributed by atoms with van der Waals surface area (Å²) in [4.78, 5) is 7.29. The van der Waals surface area contributed by atoms with E-state index in [0.29, 0.717) is 5.56 Å². The van der Waals surface area contributed by atoms with Crippen LogP contribution in [0.1, 0.15) is 5.69 Å². The number of hydrogen-bond acceptors (Lipinski definition) is 4. The van der Waals surface area contributed by atoms with Crippen LogP contribution in [0.5, 0.6) is 0 Å². The topological polar surface area (TPSA) is 63.8 Å². The lowest BCUT2D eigenvalue weighted by Gasteiger charge is -2.10. The number of thiophene rings is 1. The zero-order valence-corrected chi connectivity index (χ0v) is 10.9. The lowest BCUT2D eigenvalue weighted by molar-refractivity contribution is -0.141. The standard InChI is InChI=1S/C10H7F3N4S2/c11-10(12,13)7-3-6(5-1-2-19-4-5)15-9(16-7)17-8(14)18/h1-4H,(H3,14,15,16,17,18). The van der Waals surface area contributed by atoms with Gasteiger partial charge in [0.15, 0.2) is 10.8 Å². The lowest BCUT2D eigenvalue weighted by Crippen LogP contribution is -2.22. The van der Waals surface area contributed by atoms with E-state index in [1.165, 1.54) is 11.3 Å². The number of thiocarbonyl (C=S) groups is 1. The summed E-state index contributed by atoms with van der Waals surface area (Å²) >= 11 is 5.92. The third kappa shape index (κ3) is 3.38. The predicted octanol–water partition coefficient (Wildman–Crippen LogP) is 2.88. The number of anilines is 1. The van der Waals surface area contributed by atoms with Gasteiger partial charge in [-0.1, -0.05) is 0 Å². The first kappa shape index (κ1) is 13.7. The molecule has 0 saturated heterocycles. The van der Waals surface area contributed by atoms with Gasteiger partial charge in [0.2, 0.25) is 5.95 Å². The van der Waals surface area contributed by atoms with Crippen LogP contribution in [0.25, 0.3) is 11.3 Å². The van der Waals surface area contributed by atoms with Gasteiger partial charge >= 0.3 is 6.18 Å². The summed E-state index contributed by atoms with van der Waals surface area (Å²) in [6, 6.07) is 2.55. The second kappa shape index (κ2) is 5.10. The van der Waals surface area contributed by atoms with Crippen LogP contribution >= 0.6 is 23.6 Å². The number of aromatic nitrogens is 2. The molecule has 0 spiro atoms. The molecule has 3 N–H and O–H groups in total. The van der Waals surface area contributed by atoms with Crippen LogP contribution in [-0.2, 0) is 6.18 Å². The quantitative estimate of drug-likeness (QED) is 0.835. The maximum absolute atomic E-state index is 12.7. The second-order valence-electron chi connectivity index (χ2n) is 3.46. The Labute approximate surface area is 115 Å². The van der Waals surface area contributed by atoms with Crippen LogP contribution in [-0.4, -0.2) is 15.1 Å². The molecule has 9 heteroatoms. The van der Waals surface area contributed by atoms with Crippen molar-refractivity contribution >= 4 is 34.6 Å². The van der Waals surface area contributed by atoms with Gasteiger partial charge in [-0.3, -0.25) is 0 Å². The third-order valence-corrected chi connectivity index (χ3v) is 2.85. The Hall–Kier alpha value is -1.74. The highest BCUT2D eigenvalue weighted by atomic mass is 32.1. The molecule has 0 bridgehead atoms. The fourth-order valence-electron chi connectivity index (χ4n) is 1.32. The molecule has 0 saturated carbocycles. The van der Waals surface area contributed by atoms with Crippen molar-refractivity contribution in [2.24, 2.45) is 5.73 Å². The normalized spacial score (nSPS) is 11.3. The van der Waals surface area contributed by atoms with Gasteiger partial charge < -0.3 is 11.1 Å². The molecule has 0 aliphatic carbocycles. The monoisotopic (exact) mass is 304 g/mol. The van der Waals surface area contributed by atoms with E-state index in [0.717, 1.165) is 6.07 Å². The second-order valence-corrected chi connectivity index (χ2v) is 4.68. The Kier molecular flexibility index (Phi) is 3.67. The molecule has 19 heavy (non-hydrogen) atoms. The number of halogens is 3. The molecular formula is C10H7F3N4S2. The molecule has 2 aromatic rings. The van der Waals surface area contributed by atoms with Gasteiger partial charge in [0, 0.05) is 10.9 Å². The first-order chi connectivity index (χ1) is 8.86. The van der Waals surface area contributed by atoms with Crippen molar-refractivity contribution in [3.63, 3.8) is 0 Å². The highest BCUT2D eigenvalue weighted by molar-refractivity contribution is 7.80. The highest BCUT2D eigenvalue weighted by Crippen LogP contribution is 2.31. The van der Waals surface area contributed by atoms with Crippen LogP contribution < -0.4 is 11.1 Å². The number of nitrogens with one attached hydrogen (secondary N) is 1. The molecule has 2 rings (SSSR count). The molecule has 0 aliphatic rings. The Morgan fingerprint density at radius 3 is 2.63 bits per heavy atom. The molecule has 0 aliphatic heterocycles. The predicted molar refractivity (Wildman–Crippen MR) is 70.8 cm³/mol. The van der Waals surface area contributed by atoms with Crippen LogP contribution in [0, 0.1) is 0 Å². The molecule has 2 aromatic heterocycles. The molecule has 0 aromatic carbocycles. The van der Waals surface area contributed by atoms with Crippen molar-refractivity contribution in [2.75, 3.05) is 5.32 Å². The summed E-state index contributed by atoms with van der Waals surface area (Å²) in [6.45, 7) is 0. The van der Waals surface area contributed by atoms with Crippen LogP contribution in [0.15, 0.2) is 22.9 Å². The van der Waals surface area contributed by atoms with E-state index in [-0.39, 0.29) is 16.8 Å². The third-order valence-electron chi connectivity index (χ3n) is 2.07. The number of alkyl halides is 3. The van der Waals surface area contributed by atoms with Crippen LogP contribution in [0.3, 0.4) is 0 Å². The first-order valence-corrected chi connectivity index (χ1v) is 6.26. The SMILES string of the molecule is NC(=S)Nc1nc(-c2ccsc2)cc(C(F)(F)F)n1.